The zero-order valence-corrected chi connectivity index (χ0v) is 19.0. The number of nitrogens with zero attached hydrogens (tertiary/aromatic N) is 5. The molecular weight excluding hydrogens is 430 g/mol. The zero-order valence-electron chi connectivity index (χ0n) is 18.1. The third-order valence-electron chi connectivity index (χ3n) is 6.09. The van der Waals surface area contributed by atoms with E-state index in [2.05, 4.69) is 44.0 Å². The standard InChI is InChI=1S/C21H26N6O.H3NO2S/c1-15-3-2-8-27(14-15)21(28)26-11-9-25(10-12-26)18-5-7-22-17-13-24-20-16(19(17)18)4-6-23-20;1-4(2)3/h4-7,13,15H,2-3,8-12,14H2,1H3,(H,23,24);4H,(H2,1,2,3). The van der Waals surface area contributed by atoms with Gasteiger partial charge in [-0.1, -0.05) is 6.92 Å². The van der Waals surface area contributed by atoms with Crippen molar-refractivity contribution >= 4 is 44.5 Å². The Bertz CT molecular complexity index is 1160. The van der Waals surface area contributed by atoms with Gasteiger partial charge >= 0.3 is 6.03 Å². The highest BCUT2D eigenvalue weighted by molar-refractivity contribution is 7.69. The number of carbonyl (C=O) groups excluding carboxylic acids is 1. The smallest absolute Gasteiger partial charge is 0.320 e. The van der Waals surface area contributed by atoms with Crippen molar-refractivity contribution < 1.29 is 13.2 Å². The molecule has 2 saturated heterocycles. The van der Waals surface area contributed by atoms with Crippen molar-refractivity contribution in [2.24, 2.45) is 11.1 Å². The van der Waals surface area contributed by atoms with E-state index in [1.807, 2.05) is 28.4 Å². The topological polar surface area (TPSA) is 129 Å². The number of carbonyl (C=O) groups is 1. The molecule has 2 aliphatic heterocycles. The van der Waals surface area contributed by atoms with Crippen LogP contribution in [0, 0.1) is 5.92 Å². The van der Waals surface area contributed by atoms with E-state index in [9.17, 15) is 4.79 Å². The molecule has 0 bridgehead atoms. The second-order valence-electron chi connectivity index (χ2n) is 8.32. The number of hydrogen-bond acceptors (Lipinski definition) is 6. The van der Waals surface area contributed by atoms with Gasteiger partial charge in [-0.25, -0.2) is 23.3 Å². The molecule has 1 unspecified atom stereocenters. The van der Waals surface area contributed by atoms with Crippen molar-refractivity contribution in [1.29, 1.82) is 0 Å². The lowest BCUT2D eigenvalue weighted by atomic mass is 10.0. The summed E-state index contributed by atoms with van der Waals surface area (Å²) in [6, 6.07) is 4.36. The molecule has 3 aromatic heterocycles. The zero-order chi connectivity index (χ0) is 22.7. The van der Waals surface area contributed by atoms with Crippen LogP contribution in [-0.2, 0) is 10.9 Å². The molecule has 5 rings (SSSR count). The van der Waals surface area contributed by atoms with Crippen LogP contribution >= 0.6 is 0 Å². The van der Waals surface area contributed by atoms with Crippen LogP contribution < -0.4 is 10.0 Å². The molecule has 11 heteroatoms. The Balaban J connectivity index is 0.000000567. The number of nitrogens with two attached hydrogens (primary N) is 1. The summed E-state index contributed by atoms with van der Waals surface area (Å²) in [5.41, 5.74) is 2.97. The van der Waals surface area contributed by atoms with Gasteiger partial charge in [0.05, 0.1) is 11.7 Å². The maximum absolute atomic E-state index is 12.9. The van der Waals surface area contributed by atoms with E-state index < -0.39 is 10.9 Å². The number of piperidine rings is 1. The molecule has 0 radical (unpaired) electrons. The molecule has 2 fully saturated rings. The van der Waals surface area contributed by atoms with Crippen molar-refractivity contribution in [3.63, 3.8) is 0 Å². The molecule has 3 N–H and O–H groups in total. The SMILES string of the molecule is CC1CCCN(C(=O)N2CCN(c3ccnc4cnc5[nH]ccc5c34)CC2)C1.N[SH](=O)=O. The Morgan fingerprint density at radius 3 is 2.59 bits per heavy atom. The largest absolute Gasteiger partial charge is 0.367 e. The van der Waals surface area contributed by atoms with Gasteiger partial charge in [0.25, 0.3) is 0 Å². The Morgan fingerprint density at radius 2 is 1.88 bits per heavy atom. The number of hydrogen-bond donors (Lipinski definition) is 3. The maximum Gasteiger partial charge on any atom is 0.320 e. The van der Waals surface area contributed by atoms with Crippen LogP contribution in [0.25, 0.3) is 21.9 Å². The molecule has 10 nitrogen and oxygen atoms in total. The number of pyridine rings is 2. The molecule has 5 heterocycles. The van der Waals surface area contributed by atoms with E-state index in [0.29, 0.717) is 5.92 Å². The summed E-state index contributed by atoms with van der Waals surface area (Å²) >= 11 is 0. The summed E-state index contributed by atoms with van der Waals surface area (Å²) < 4.78 is 17.6. The van der Waals surface area contributed by atoms with Gasteiger partial charge in [0, 0.05) is 68.1 Å². The van der Waals surface area contributed by atoms with Gasteiger partial charge in [-0.05, 0) is 30.9 Å². The fraction of sp³-hybridized carbons (Fsp3) is 0.476. The highest BCUT2D eigenvalue weighted by Crippen LogP contribution is 2.31. The molecule has 0 saturated carbocycles. The summed E-state index contributed by atoms with van der Waals surface area (Å²) in [6.45, 7) is 7.22. The van der Waals surface area contributed by atoms with Gasteiger partial charge in [-0.3, -0.25) is 4.98 Å². The fourth-order valence-electron chi connectivity index (χ4n) is 4.60. The van der Waals surface area contributed by atoms with Crippen molar-refractivity contribution in [3.05, 3.63) is 30.7 Å². The Kier molecular flexibility index (Phi) is 6.75. The molecule has 3 aromatic rings. The fourth-order valence-corrected chi connectivity index (χ4v) is 4.60. The minimum Gasteiger partial charge on any atom is -0.367 e. The van der Waals surface area contributed by atoms with Crippen LogP contribution in [0.15, 0.2) is 30.7 Å². The monoisotopic (exact) mass is 459 g/mol. The number of piperazine rings is 1. The molecule has 2 amide bonds. The lowest BCUT2D eigenvalue weighted by Gasteiger charge is -2.40. The normalized spacial score (nSPS) is 19.3. The molecule has 1 atom stereocenters. The van der Waals surface area contributed by atoms with E-state index >= 15 is 0 Å². The number of H-pyrrole nitrogens is 1. The number of aromatic nitrogens is 3. The van der Waals surface area contributed by atoms with Gasteiger partial charge in [0.2, 0.25) is 0 Å². The van der Waals surface area contributed by atoms with E-state index in [1.165, 1.54) is 12.1 Å². The van der Waals surface area contributed by atoms with Crippen LogP contribution in [0.1, 0.15) is 19.8 Å². The van der Waals surface area contributed by atoms with Crippen molar-refractivity contribution in [2.45, 2.75) is 19.8 Å². The van der Waals surface area contributed by atoms with E-state index in [0.717, 1.165) is 67.6 Å². The highest BCUT2D eigenvalue weighted by Gasteiger charge is 2.28. The van der Waals surface area contributed by atoms with Crippen LogP contribution in [0.4, 0.5) is 10.5 Å². The van der Waals surface area contributed by atoms with Gasteiger partial charge in [-0.15, -0.1) is 0 Å². The lowest BCUT2D eigenvalue weighted by molar-refractivity contribution is 0.129. The number of urea groups is 1. The molecule has 0 aromatic carbocycles. The first-order chi connectivity index (χ1) is 15.4. The summed E-state index contributed by atoms with van der Waals surface area (Å²) in [5.74, 6) is 0.611. The summed E-state index contributed by atoms with van der Waals surface area (Å²) in [5, 5.41) is 6.30. The first-order valence-corrected chi connectivity index (χ1v) is 12.1. The lowest BCUT2D eigenvalue weighted by Crippen LogP contribution is -2.54. The number of likely N-dealkylation sites (tertiary alicyclic amines) is 1. The first-order valence-electron chi connectivity index (χ1n) is 10.8. The predicted molar refractivity (Wildman–Crippen MR) is 125 cm³/mol. The number of fused-ring (bicyclic) bond motifs is 3. The molecule has 0 aliphatic carbocycles. The minimum atomic E-state index is -2.62. The van der Waals surface area contributed by atoms with Gasteiger partial charge in [0.1, 0.15) is 5.65 Å². The quantitative estimate of drug-likeness (QED) is 0.474. The summed E-state index contributed by atoms with van der Waals surface area (Å²) in [7, 11) is -2.62. The second-order valence-corrected chi connectivity index (χ2v) is 8.89. The third kappa shape index (κ3) is 4.78. The number of amides is 2. The molecule has 0 spiro atoms. The molecular formula is C21H29N7O3S. The van der Waals surface area contributed by atoms with Crippen LogP contribution in [-0.4, -0.2) is 78.5 Å². The van der Waals surface area contributed by atoms with Gasteiger partial charge < -0.3 is 19.7 Å². The molecule has 172 valence electrons. The third-order valence-corrected chi connectivity index (χ3v) is 6.09. The number of nitrogens with one attached hydrogen (secondary N) is 1. The van der Waals surface area contributed by atoms with Crippen LogP contribution in [0.3, 0.4) is 0 Å². The average Bonchev–Trinajstić information content (AvgIpc) is 3.27. The number of rotatable bonds is 1. The van der Waals surface area contributed by atoms with Gasteiger partial charge in [-0.2, -0.15) is 0 Å². The second kappa shape index (κ2) is 9.70. The molecule has 2 aliphatic rings. The van der Waals surface area contributed by atoms with Crippen molar-refractivity contribution in [2.75, 3.05) is 44.2 Å². The van der Waals surface area contributed by atoms with Crippen LogP contribution in [0.5, 0.6) is 0 Å². The van der Waals surface area contributed by atoms with Crippen molar-refractivity contribution in [1.82, 2.24) is 24.8 Å². The highest BCUT2D eigenvalue weighted by atomic mass is 32.2. The maximum atomic E-state index is 12.9. The van der Waals surface area contributed by atoms with Crippen molar-refractivity contribution in [3.8, 4) is 0 Å². The average molecular weight is 460 g/mol. The number of thiol groups is 1. The predicted octanol–water partition coefficient (Wildman–Crippen LogP) is 1.56. The van der Waals surface area contributed by atoms with Gasteiger partial charge in [0.15, 0.2) is 10.9 Å². The minimum absolute atomic E-state index is 0.211. The first kappa shape index (κ1) is 22.3. The number of anilines is 1. The van der Waals surface area contributed by atoms with E-state index in [4.69, 9.17) is 8.42 Å². The van der Waals surface area contributed by atoms with Crippen LogP contribution in [0.2, 0.25) is 0 Å². The molecule has 32 heavy (non-hydrogen) atoms. The van der Waals surface area contributed by atoms with E-state index in [1.54, 1.807) is 0 Å². The summed E-state index contributed by atoms with van der Waals surface area (Å²) in [6.07, 6.45) is 7.95. The van der Waals surface area contributed by atoms with E-state index in [-0.39, 0.29) is 6.03 Å². The Hall–Kier alpha value is -2.92. The summed E-state index contributed by atoms with van der Waals surface area (Å²) in [4.78, 5) is 31.5. The Labute approximate surface area is 188 Å². The Morgan fingerprint density at radius 1 is 1.12 bits per heavy atom. The number of aromatic amines is 1.